The van der Waals surface area contributed by atoms with Crippen molar-refractivity contribution >= 4 is 34.4 Å². The summed E-state index contributed by atoms with van der Waals surface area (Å²) in [5.41, 5.74) is 3.85. The average molecular weight is 445 g/mol. The Labute approximate surface area is 190 Å². The minimum atomic E-state index is -0.275. The van der Waals surface area contributed by atoms with E-state index in [4.69, 9.17) is 4.98 Å². The van der Waals surface area contributed by atoms with E-state index < -0.39 is 0 Å². The van der Waals surface area contributed by atoms with E-state index in [1.165, 1.54) is 19.1 Å². The predicted octanol–water partition coefficient (Wildman–Crippen LogP) is 4.54. The molecule has 0 aliphatic carbocycles. The number of hydrogen-bond donors (Lipinski definition) is 2. The first-order valence-electron chi connectivity index (χ1n) is 10.7. The number of aromatic nitrogens is 3. The smallest absolute Gasteiger partial charge is 0.224 e. The summed E-state index contributed by atoms with van der Waals surface area (Å²) in [5, 5.41) is 5.56. The molecule has 0 unspecified atom stereocenters. The Balaban J connectivity index is 1.39. The molecule has 0 radical (unpaired) electrons. The van der Waals surface area contributed by atoms with E-state index in [1.54, 1.807) is 42.6 Å². The zero-order chi connectivity index (χ0) is 23.2. The van der Waals surface area contributed by atoms with Crippen LogP contribution in [0.1, 0.15) is 31.2 Å². The molecule has 2 amide bonds. The monoisotopic (exact) mass is 445 g/mol. The van der Waals surface area contributed by atoms with Gasteiger partial charge < -0.3 is 15.2 Å². The van der Waals surface area contributed by atoms with E-state index in [2.05, 4.69) is 15.6 Å². The van der Waals surface area contributed by atoms with Crippen LogP contribution >= 0.6 is 0 Å². The minimum absolute atomic E-state index is 0.0957. The quantitative estimate of drug-likeness (QED) is 0.417. The lowest BCUT2D eigenvalue weighted by Crippen LogP contribution is -2.13. The summed E-state index contributed by atoms with van der Waals surface area (Å²) in [5.74, 6) is 0.317. The molecule has 0 aliphatic heterocycles. The number of amides is 2. The van der Waals surface area contributed by atoms with Crippen LogP contribution < -0.4 is 10.6 Å². The van der Waals surface area contributed by atoms with Crippen molar-refractivity contribution in [3.05, 3.63) is 84.1 Å². The molecule has 2 N–H and O–H groups in total. The van der Waals surface area contributed by atoms with E-state index in [1.807, 2.05) is 16.7 Å². The normalized spacial score (nSPS) is 10.8. The molecule has 0 fully saturated rings. The lowest BCUT2D eigenvalue weighted by atomic mass is 10.2. The van der Waals surface area contributed by atoms with Crippen molar-refractivity contribution in [2.24, 2.45) is 0 Å². The first kappa shape index (κ1) is 22.1. The van der Waals surface area contributed by atoms with Crippen LogP contribution in [-0.2, 0) is 22.6 Å². The van der Waals surface area contributed by atoms with Gasteiger partial charge >= 0.3 is 0 Å². The van der Waals surface area contributed by atoms with Crippen LogP contribution in [0.3, 0.4) is 0 Å². The summed E-state index contributed by atoms with van der Waals surface area (Å²) >= 11 is 0. The fourth-order valence-corrected chi connectivity index (χ4v) is 3.61. The number of imidazole rings is 1. The van der Waals surface area contributed by atoms with Gasteiger partial charge in [-0.15, -0.1) is 0 Å². The minimum Gasteiger partial charge on any atom is -0.326 e. The summed E-state index contributed by atoms with van der Waals surface area (Å²) < 4.78 is 15.3. The zero-order valence-electron chi connectivity index (χ0n) is 18.2. The number of hydrogen-bond acceptors (Lipinski definition) is 4. The van der Waals surface area contributed by atoms with Crippen molar-refractivity contribution in [3.63, 3.8) is 0 Å². The van der Waals surface area contributed by atoms with Crippen LogP contribution in [0.4, 0.5) is 15.8 Å². The van der Waals surface area contributed by atoms with Crippen molar-refractivity contribution < 1.29 is 14.0 Å². The molecule has 4 aromatic rings. The third kappa shape index (κ3) is 5.79. The van der Waals surface area contributed by atoms with Crippen molar-refractivity contribution in [3.8, 4) is 0 Å². The second-order valence-corrected chi connectivity index (χ2v) is 7.75. The van der Waals surface area contributed by atoms with Crippen LogP contribution in [0.25, 0.3) is 11.2 Å². The first-order valence-corrected chi connectivity index (χ1v) is 10.7. The number of aryl methyl sites for hydroxylation is 1. The number of anilines is 2. The summed E-state index contributed by atoms with van der Waals surface area (Å²) in [6, 6.07) is 17.1. The van der Waals surface area contributed by atoms with Crippen molar-refractivity contribution in [1.29, 1.82) is 0 Å². The highest BCUT2D eigenvalue weighted by Crippen LogP contribution is 2.19. The number of carbonyl (C=O) groups is 2. The van der Waals surface area contributed by atoms with Gasteiger partial charge in [0.1, 0.15) is 17.2 Å². The summed E-state index contributed by atoms with van der Waals surface area (Å²) in [7, 11) is 0. The second-order valence-electron chi connectivity index (χ2n) is 7.75. The molecule has 0 spiro atoms. The largest absolute Gasteiger partial charge is 0.326 e. The Kier molecular flexibility index (Phi) is 6.73. The van der Waals surface area contributed by atoms with Gasteiger partial charge in [0.25, 0.3) is 0 Å². The van der Waals surface area contributed by atoms with Gasteiger partial charge in [-0.25, -0.2) is 14.4 Å². The zero-order valence-corrected chi connectivity index (χ0v) is 18.2. The van der Waals surface area contributed by atoms with Gasteiger partial charge in [-0.05, 0) is 60.5 Å². The molecule has 8 heteroatoms. The third-order valence-electron chi connectivity index (χ3n) is 5.13. The number of halogens is 1. The topological polar surface area (TPSA) is 88.9 Å². The molecule has 4 rings (SSSR count). The molecule has 0 saturated heterocycles. The Morgan fingerprint density at radius 3 is 2.36 bits per heavy atom. The Morgan fingerprint density at radius 2 is 1.67 bits per heavy atom. The van der Waals surface area contributed by atoms with Gasteiger partial charge in [0, 0.05) is 37.3 Å². The van der Waals surface area contributed by atoms with E-state index in [0.717, 1.165) is 22.6 Å². The summed E-state index contributed by atoms with van der Waals surface area (Å²) in [6.07, 6.45) is 3.27. The molecule has 2 aromatic carbocycles. The maximum absolute atomic E-state index is 13.3. The molecule has 0 saturated carbocycles. The lowest BCUT2D eigenvalue weighted by molar-refractivity contribution is -0.116. The lowest BCUT2D eigenvalue weighted by Gasteiger charge is -2.10. The number of nitrogens with zero attached hydrogens (tertiary/aromatic N) is 3. The fraction of sp³-hybridized carbons (Fsp3) is 0.200. The van der Waals surface area contributed by atoms with E-state index >= 15 is 0 Å². The maximum atomic E-state index is 13.3. The van der Waals surface area contributed by atoms with E-state index in [9.17, 15) is 14.0 Å². The van der Waals surface area contributed by atoms with Gasteiger partial charge in [0.2, 0.25) is 11.8 Å². The average Bonchev–Trinajstić information content (AvgIpc) is 3.13. The molecule has 0 bridgehead atoms. The van der Waals surface area contributed by atoms with E-state index in [-0.39, 0.29) is 17.6 Å². The van der Waals surface area contributed by atoms with Crippen LogP contribution in [0.2, 0.25) is 0 Å². The Hall–Kier alpha value is -4.07. The van der Waals surface area contributed by atoms with Crippen molar-refractivity contribution in [1.82, 2.24) is 14.5 Å². The molecule has 33 heavy (non-hydrogen) atoms. The molecule has 168 valence electrons. The standard InChI is InChI=1S/C25H24FN5O2/c1-17(32)28-20-11-13-21(14-12-20)29-24(33)6-2-5-23-30-22-4-3-15-27-25(22)31(23)16-18-7-9-19(26)10-8-18/h3-4,7-15H,2,5-6,16H2,1H3,(H,28,32)(H,29,33). The molecular weight excluding hydrogens is 421 g/mol. The highest BCUT2D eigenvalue weighted by atomic mass is 19.1. The maximum Gasteiger partial charge on any atom is 0.224 e. The number of benzene rings is 2. The number of pyridine rings is 1. The summed E-state index contributed by atoms with van der Waals surface area (Å²) in [6.45, 7) is 1.97. The fourth-order valence-electron chi connectivity index (χ4n) is 3.61. The number of rotatable bonds is 8. The molecular formula is C25H24FN5O2. The summed E-state index contributed by atoms with van der Waals surface area (Å²) in [4.78, 5) is 32.7. The number of fused-ring (bicyclic) bond motifs is 1. The van der Waals surface area contributed by atoms with E-state index in [0.29, 0.717) is 37.2 Å². The number of carbonyl (C=O) groups excluding carboxylic acids is 2. The predicted molar refractivity (Wildman–Crippen MR) is 125 cm³/mol. The molecule has 0 atom stereocenters. The van der Waals surface area contributed by atoms with Gasteiger partial charge in [0.15, 0.2) is 5.65 Å². The van der Waals surface area contributed by atoms with Gasteiger partial charge in [-0.1, -0.05) is 12.1 Å². The Bertz CT molecular complexity index is 1270. The molecule has 2 aromatic heterocycles. The van der Waals surface area contributed by atoms with Crippen molar-refractivity contribution in [2.75, 3.05) is 10.6 Å². The highest BCUT2D eigenvalue weighted by molar-refractivity contribution is 5.92. The van der Waals surface area contributed by atoms with Gasteiger partial charge in [-0.2, -0.15) is 0 Å². The SMILES string of the molecule is CC(=O)Nc1ccc(NC(=O)CCCc2nc3cccnc3n2Cc2ccc(F)cc2)cc1. The van der Waals surface area contributed by atoms with Gasteiger partial charge in [-0.3, -0.25) is 9.59 Å². The highest BCUT2D eigenvalue weighted by Gasteiger charge is 2.13. The third-order valence-corrected chi connectivity index (χ3v) is 5.13. The molecule has 7 nitrogen and oxygen atoms in total. The van der Waals surface area contributed by atoms with Gasteiger partial charge in [0.05, 0.1) is 6.54 Å². The second kappa shape index (κ2) is 10.0. The Morgan fingerprint density at radius 1 is 0.970 bits per heavy atom. The van der Waals surface area contributed by atoms with Crippen LogP contribution in [0.15, 0.2) is 66.9 Å². The van der Waals surface area contributed by atoms with Crippen LogP contribution in [-0.4, -0.2) is 26.3 Å². The molecule has 2 heterocycles. The molecule has 0 aliphatic rings. The first-order chi connectivity index (χ1) is 16.0. The van der Waals surface area contributed by atoms with Crippen LogP contribution in [0.5, 0.6) is 0 Å². The van der Waals surface area contributed by atoms with Crippen molar-refractivity contribution in [2.45, 2.75) is 32.7 Å². The number of nitrogens with one attached hydrogen (secondary N) is 2. The van der Waals surface area contributed by atoms with Crippen LogP contribution in [0, 0.1) is 5.82 Å².